The van der Waals surface area contributed by atoms with Crippen molar-refractivity contribution in [3.8, 4) is 5.75 Å². The molecule has 2 N–H and O–H groups in total. The molecule has 0 radical (unpaired) electrons. The van der Waals surface area contributed by atoms with Gasteiger partial charge in [-0.25, -0.2) is 4.98 Å². The Morgan fingerprint density at radius 3 is 2.71 bits per heavy atom. The number of nitrogens with one attached hydrogen (secondary N) is 2. The fourth-order valence-electron chi connectivity index (χ4n) is 2.40. The number of benzene rings is 2. The predicted octanol–water partition coefficient (Wildman–Crippen LogP) is 3.98. The van der Waals surface area contributed by atoms with E-state index in [1.54, 1.807) is 42.8 Å². The van der Waals surface area contributed by atoms with Gasteiger partial charge in [-0.3, -0.25) is 14.9 Å². The van der Waals surface area contributed by atoms with Crippen molar-refractivity contribution in [2.45, 2.75) is 6.42 Å². The van der Waals surface area contributed by atoms with Crippen molar-refractivity contribution in [3.05, 3.63) is 77.3 Å². The number of methoxy groups -OCH3 is 1. The number of carbonyl (C=O) groups is 2. The number of thiazole rings is 1. The van der Waals surface area contributed by atoms with Crippen LogP contribution in [0.5, 0.6) is 5.75 Å². The monoisotopic (exact) mass is 393 g/mol. The van der Waals surface area contributed by atoms with Gasteiger partial charge in [0.25, 0.3) is 0 Å². The molecule has 1 heterocycles. The smallest absolute Gasteiger partial charge is 0.250 e. The van der Waals surface area contributed by atoms with Crippen LogP contribution in [0.2, 0.25) is 0 Å². The third-order valence-electron chi connectivity index (χ3n) is 3.70. The van der Waals surface area contributed by atoms with E-state index in [1.165, 1.54) is 17.4 Å². The summed E-state index contributed by atoms with van der Waals surface area (Å²) < 4.78 is 5.14. The molecule has 28 heavy (non-hydrogen) atoms. The highest BCUT2D eigenvalue weighted by atomic mass is 32.1. The van der Waals surface area contributed by atoms with Gasteiger partial charge < -0.3 is 10.1 Å². The summed E-state index contributed by atoms with van der Waals surface area (Å²) in [5.74, 6) is 0.200. The van der Waals surface area contributed by atoms with E-state index >= 15 is 0 Å². The second-order valence-corrected chi connectivity index (χ2v) is 6.69. The zero-order valence-corrected chi connectivity index (χ0v) is 16.0. The molecule has 0 atom stereocenters. The predicted molar refractivity (Wildman–Crippen MR) is 112 cm³/mol. The minimum atomic E-state index is -0.273. The van der Waals surface area contributed by atoms with Gasteiger partial charge in [-0.05, 0) is 23.8 Å². The largest absolute Gasteiger partial charge is 0.497 e. The Morgan fingerprint density at radius 2 is 1.93 bits per heavy atom. The molecule has 0 fully saturated rings. The summed E-state index contributed by atoms with van der Waals surface area (Å²) in [7, 11) is 1.57. The fourth-order valence-corrected chi connectivity index (χ4v) is 3.11. The summed E-state index contributed by atoms with van der Waals surface area (Å²) in [6.45, 7) is 0. The topological polar surface area (TPSA) is 80.3 Å². The molecule has 0 spiro atoms. The van der Waals surface area contributed by atoms with E-state index < -0.39 is 0 Å². The Balaban J connectivity index is 1.52. The van der Waals surface area contributed by atoms with E-state index in [-0.39, 0.29) is 18.2 Å². The molecule has 0 saturated carbocycles. The van der Waals surface area contributed by atoms with Gasteiger partial charge in [-0.15, -0.1) is 11.3 Å². The number of ether oxygens (including phenoxy) is 1. The summed E-state index contributed by atoms with van der Waals surface area (Å²) in [5.41, 5.74) is 2.18. The van der Waals surface area contributed by atoms with Gasteiger partial charge >= 0.3 is 0 Å². The van der Waals surface area contributed by atoms with E-state index in [4.69, 9.17) is 4.74 Å². The Kier molecular flexibility index (Phi) is 6.54. The minimum Gasteiger partial charge on any atom is -0.497 e. The third kappa shape index (κ3) is 5.78. The van der Waals surface area contributed by atoms with Crippen molar-refractivity contribution in [2.24, 2.45) is 0 Å². The number of anilines is 2. The lowest BCUT2D eigenvalue weighted by atomic mass is 10.2. The average molecular weight is 393 g/mol. The SMILES string of the molecule is COc1cccc(NC(=O)Cc2csc(NC(=O)/C=C/c3ccccc3)n2)c1. The van der Waals surface area contributed by atoms with Crippen molar-refractivity contribution in [2.75, 3.05) is 17.7 Å². The van der Waals surface area contributed by atoms with Gasteiger partial charge in [0.2, 0.25) is 11.8 Å². The molecular formula is C21H19N3O3S. The highest BCUT2D eigenvalue weighted by molar-refractivity contribution is 7.14. The van der Waals surface area contributed by atoms with Gasteiger partial charge in [0, 0.05) is 23.2 Å². The number of amides is 2. The number of nitrogens with zero attached hydrogens (tertiary/aromatic N) is 1. The number of rotatable bonds is 7. The maximum absolute atomic E-state index is 12.2. The second-order valence-electron chi connectivity index (χ2n) is 5.83. The van der Waals surface area contributed by atoms with Crippen LogP contribution < -0.4 is 15.4 Å². The van der Waals surface area contributed by atoms with Crippen LogP contribution in [0.15, 0.2) is 66.1 Å². The Hall–Kier alpha value is -3.45. The van der Waals surface area contributed by atoms with E-state index in [2.05, 4.69) is 15.6 Å². The van der Waals surface area contributed by atoms with Crippen LogP contribution in [0, 0.1) is 0 Å². The zero-order valence-electron chi connectivity index (χ0n) is 15.2. The lowest BCUT2D eigenvalue weighted by Crippen LogP contribution is -2.14. The molecule has 142 valence electrons. The van der Waals surface area contributed by atoms with Crippen molar-refractivity contribution < 1.29 is 14.3 Å². The number of hydrogen-bond acceptors (Lipinski definition) is 5. The first-order chi connectivity index (χ1) is 13.6. The molecule has 0 saturated heterocycles. The molecule has 3 rings (SSSR count). The highest BCUT2D eigenvalue weighted by Crippen LogP contribution is 2.19. The zero-order chi connectivity index (χ0) is 19.8. The Labute approximate surface area is 166 Å². The summed E-state index contributed by atoms with van der Waals surface area (Å²) in [6.07, 6.45) is 3.29. The van der Waals surface area contributed by atoms with Gasteiger partial charge in [-0.2, -0.15) is 0 Å². The molecule has 2 amide bonds. The molecule has 0 aliphatic heterocycles. The van der Waals surface area contributed by atoms with Crippen molar-refractivity contribution in [3.63, 3.8) is 0 Å². The van der Waals surface area contributed by atoms with E-state index in [1.807, 2.05) is 30.3 Å². The van der Waals surface area contributed by atoms with Crippen LogP contribution in [-0.2, 0) is 16.0 Å². The molecule has 7 heteroatoms. The summed E-state index contributed by atoms with van der Waals surface area (Å²) >= 11 is 1.28. The fraction of sp³-hybridized carbons (Fsp3) is 0.0952. The quantitative estimate of drug-likeness (QED) is 0.595. The molecular weight excluding hydrogens is 374 g/mol. The summed E-state index contributed by atoms with van der Waals surface area (Å²) in [4.78, 5) is 28.5. The third-order valence-corrected chi connectivity index (χ3v) is 4.51. The first kappa shape index (κ1) is 19.3. The first-order valence-corrected chi connectivity index (χ1v) is 9.43. The van der Waals surface area contributed by atoms with Gasteiger partial charge in [0.05, 0.1) is 19.2 Å². The Bertz CT molecular complexity index is 983. The first-order valence-electron chi connectivity index (χ1n) is 8.55. The maximum Gasteiger partial charge on any atom is 0.250 e. The highest BCUT2D eigenvalue weighted by Gasteiger charge is 2.10. The van der Waals surface area contributed by atoms with Gasteiger partial charge in [-0.1, -0.05) is 36.4 Å². The van der Waals surface area contributed by atoms with Crippen molar-refractivity contribution in [1.29, 1.82) is 0 Å². The number of hydrogen-bond donors (Lipinski definition) is 2. The standard InChI is InChI=1S/C21H19N3O3S/c1-27-18-9-5-8-16(12-18)22-20(26)13-17-14-28-21(23-17)24-19(25)11-10-15-6-3-2-4-7-15/h2-12,14H,13H2,1H3,(H,22,26)(H,23,24,25)/b11-10+. The van der Waals surface area contributed by atoms with Gasteiger partial charge in [0.15, 0.2) is 5.13 Å². The molecule has 0 unspecified atom stereocenters. The van der Waals surface area contributed by atoms with E-state index in [0.717, 1.165) is 5.56 Å². The lowest BCUT2D eigenvalue weighted by molar-refractivity contribution is -0.115. The van der Waals surface area contributed by atoms with Crippen LogP contribution in [0.25, 0.3) is 6.08 Å². The van der Waals surface area contributed by atoms with Crippen LogP contribution in [0.1, 0.15) is 11.3 Å². The molecule has 0 bridgehead atoms. The van der Waals surface area contributed by atoms with Gasteiger partial charge in [0.1, 0.15) is 5.75 Å². The molecule has 2 aromatic carbocycles. The average Bonchev–Trinajstić information content (AvgIpc) is 3.13. The van der Waals surface area contributed by atoms with E-state index in [0.29, 0.717) is 22.3 Å². The number of aromatic nitrogens is 1. The molecule has 6 nitrogen and oxygen atoms in total. The molecule has 0 aliphatic carbocycles. The number of carbonyl (C=O) groups excluding carboxylic acids is 2. The lowest BCUT2D eigenvalue weighted by Gasteiger charge is -2.06. The normalized spacial score (nSPS) is 10.6. The minimum absolute atomic E-state index is 0.115. The molecule has 0 aliphatic rings. The summed E-state index contributed by atoms with van der Waals surface area (Å²) in [5, 5.41) is 7.71. The maximum atomic E-state index is 12.2. The van der Waals surface area contributed by atoms with Crippen LogP contribution in [-0.4, -0.2) is 23.9 Å². The van der Waals surface area contributed by atoms with E-state index in [9.17, 15) is 9.59 Å². The second kappa shape index (κ2) is 9.48. The van der Waals surface area contributed by atoms with Crippen molar-refractivity contribution in [1.82, 2.24) is 4.98 Å². The van der Waals surface area contributed by atoms with Crippen LogP contribution in [0.4, 0.5) is 10.8 Å². The molecule has 3 aromatic rings. The van der Waals surface area contributed by atoms with Crippen molar-refractivity contribution >= 4 is 40.0 Å². The van der Waals surface area contributed by atoms with Crippen LogP contribution in [0.3, 0.4) is 0 Å². The van der Waals surface area contributed by atoms with Crippen LogP contribution >= 0.6 is 11.3 Å². The Morgan fingerprint density at radius 1 is 1.11 bits per heavy atom. The molecule has 1 aromatic heterocycles. The summed E-state index contributed by atoms with van der Waals surface area (Å²) in [6, 6.07) is 16.7.